The molecule has 1 saturated heterocycles. The van der Waals surface area contributed by atoms with E-state index in [4.69, 9.17) is 4.74 Å². The van der Waals surface area contributed by atoms with Crippen molar-refractivity contribution in [2.24, 2.45) is 0 Å². The maximum absolute atomic E-state index is 9.88. The lowest BCUT2D eigenvalue weighted by molar-refractivity contribution is -0.120. The minimum atomic E-state index is -0.574. The summed E-state index contributed by atoms with van der Waals surface area (Å²) in [6, 6.07) is 0. The molecule has 2 atom stereocenters. The summed E-state index contributed by atoms with van der Waals surface area (Å²) in [6.45, 7) is 3.79. The van der Waals surface area contributed by atoms with E-state index in [0.29, 0.717) is 6.10 Å². The first-order valence-corrected chi connectivity index (χ1v) is 4.77. The van der Waals surface area contributed by atoms with Gasteiger partial charge >= 0.3 is 0 Å². The molecule has 3 heteroatoms. The van der Waals surface area contributed by atoms with Gasteiger partial charge in [0, 0.05) is 13.1 Å². The first kappa shape index (κ1) is 8.48. The van der Waals surface area contributed by atoms with Crippen molar-refractivity contribution in [2.45, 2.75) is 44.0 Å². The second-order valence-electron chi connectivity index (χ2n) is 4.15. The Morgan fingerprint density at radius 1 is 1.50 bits per heavy atom. The lowest BCUT2D eigenvalue weighted by Gasteiger charge is -2.34. The first-order chi connectivity index (χ1) is 5.68. The summed E-state index contributed by atoms with van der Waals surface area (Å²) < 4.78 is 5.75. The van der Waals surface area contributed by atoms with E-state index >= 15 is 0 Å². The summed E-state index contributed by atoms with van der Waals surface area (Å²) in [5.74, 6) is 0. The predicted octanol–water partition coefficient (Wildman–Crippen LogP) is 0.278. The van der Waals surface area contributed by atoms with Crippen LogP contribution in [0.15, 0.2) is 0 Å². The molecule has 0 aromatic rings. The van der Waals surface area contributed by atoms with Crippen LogP contribution in [0.1, 0.15) is 26.2 Å². The SMILES string of the molecule is CC1(O)CCCC1OC1CNC1. The average molecular weight is 171 g/mol. The number of hydrogen-bond donors (Lipinski definition) is 2. The van der Waals surface area contributed by atoms with Gasteiger partial charge in [0.15, 0.2) is 0 Å². The number of aliphatic hydroxyl groups is 1. The molecule has 0 amide bonds. The summed E-state index contributed by atoms with van der Waals surface area (Å²) >= 11 is 0. The highest BCUT2D eigenvalue weighted by atomic mass is 16.5. The zero-order valence-electron chi connectivity index (χ0n) is 7.55. The molecule has 0 spiro atoms. The van der Waals surface area contributed by atoms with Gasteiger partial charge in [0.05, 0.1) is 17.8 Å². The quantitative estimate of drug-likeness (QED) is 0.627. The molecule has 0 bridgehead atoms. The van der Waals surface area contributed by atoms with E-state index in [9.17, 15) is 5.11 Å². The van der Waals surface area contributed by atoms with Crippen LogP contribution >= 0.6 is 0 Å². The molecule has 0 aromatic carbocycles. The number of ether oxygens (including phenoxy) is 1. The van der Waals surface area contributed by atoms with E-state index in [2.05, 4.69) is 5.32 Å². The Hall–Kier alpha value is -0.120. The molecule has 2 N–H and O–H groups in total. The number of hydrogen-bond acceptors (Lipinski definition) is 3. The molecule has 1 saturated carbocycles. The van der Waals surface area contributed by atoms with Crippen molar-refractivity contribution in [3.63, 3.8) is 0 Å². The van der Waals surface area contributed by atoms with E-state index < -0.39 is 5.60 Å². The van der Waals surface area contributed by atoms with Crippen LogP contribution in [-0.4, -0.2) is 36.0 Å². The topological polar surface area (TPSA) is 41.5 Å². The van der Waals surface area contributed by atoms with Gasteiger partial charge < -0.3 is 15.2 Å². The Morgan fingerprint density at radius 2 is 2.25 bits per heavy atom. The fourth-order valence-electron chi connectivity index (χ4n) is 1.92. The zero-order chi connectivity index (χ0) is 8.60. The monoisotopic (exact) mass is 171 g/mol. The second kappa shape index (κ2) is 2.98. The van der Waals surface area contributed by atoms with E-state index in [0.717, 1.165) is 32.4 Å². The molecule has 2 rings (SSSR count). The number of rotatable bonds is 2. The van der Waals surface area contributed by atoms with Gasteiger partial charge in [0.2, 0.25) is 0 Å². The van der Waals surface area contributed by atoms with Crippen LogP contribution in [0.3, 0.4) is 0 Å². The van der Waals surface area contributed by atoms with Gasteiger partial charge in [-0.3, -0.25) is 0 Å². The molecule has 3 nitrogen and oxygen atoms in total. The maximum atomic E-state index is 9.88. The molecule has 2 aliphatic rings. The maximum Gasteiger partial charge on any atom is 0.0880 e. The molecule has 0 radical (unpaired) electrons. The van der Waals surface area contributed by atoms with E-state index in [1.54, 1.807) is 0 Å². The minimum Gasteiger partial charge on any atom is -0.387 e. The van der Waals surface area contributed by atoms with Gasteiger partial charge in [-0.15, -0.1) is 0 Å². The third-order valence-corrected chi connectivity index (χ3v) is 2.94. The van der Waals surface area contributed by atoms with Crippen LogP contribution in [0.25, 0.3) is 0 Å². The molecule has 1 heterocycles. The fraction of sp³-hybridized carbons (Fsp3) is 1.00. The molecule has 2 fully saturated rings. The van der Waals surface area contributed by atoms with E-state index in [-0.39, 0.29) is 6.10 Å². The smallest absolute Gasteiger partial charge is 0.0880 e. The highest BCUT2D eigenvalue weighted by Crippen LogP contribution is 2.32. The molecular weight excluding hydrogens is 154 g/mol. The second-order valence-corrected chi connectivity index (χ2v) is 4.15. The molecule has 1 aliphatic carbocycles. The van der Waals surface area contributed by atoms with Crippen LogP contribution in [0, 0.1) is 0 Å². The van der Waals surface area contributed by atoms with Crippen molar-refractivity contribution >= 4 is 0 Å². The third kappa shape index (κ3) is 1.49. The van der Waals surface area contributed by atoms with Gasteiger partial charge in [0.25, 0.3) is 0 Å². The molecular formula is C9H17NO2. The van der Waals surface area contributed by atoms with Crippen molar-refractivity contribution in [1.29, 1.82) is 0 Å². The highest BCUT2D eigenvalue weighted by Gasteiger charge is 2.39. The first-order valence-electron chi connectivity index (χ1n) is 4.77. The summed E-state index contributed by atoms with van der Waals surface area (Å²) in [5.41, 5.74) is -0.574. The van der Waals surface area contributed by atoms with Crippen LogP contribution in [0.4, 0.5) is 0 Å². The Kier molecular flexibility index (Phi) is 2.10. The largest absolute Gasteiger partial charge is 0.387 e. The van der Waals surface area contributed by atoms with Crippen LogP contribution in [0.2, 0.25) is 0 Å². The summed E-state index contributed by atoms with van der Waals surface area (Å²) in [7, 11) is 0. The van der Waals surface area contributed by atoms with Crippen LogP contribution < -0.4 is 5.32 Å². The fourth-order valence-corrected chi connectivity index (χ4v) is 1.92. The van der Waals surface area contributed by atoms with Crippen molar-refractivity contribution in [1.82, 2.24) is 5.32 Å². The molecule has 1 aliphatic heterocycles. The van der Waals surface area contributed by atoms with Gasteiger partial charge in [-0.25, -0.2) is 0 Å². The Labute approximate surface area is 73.1 Å². The van der Waals surface area contributed by atoms with Crippen molar-refractivity contribution < 1.29 is 9.84 Å². The Balaban J connectivity index is 1.85. The third-order valence-electron chi connectivity index (χ3n) is 2.94. The molecule has 70 valence electrons. The lowest BCUT2D eigenvalue weighted by atomic mass is 10.0. The normalized spacial score (nSPS) is 43.0. The average Bonchev–Trinajstić information content (AvgIpc) is 2.21. The van der Waals surface area contributed by atoms with Crippen molar-refractivity contribution in [2.75, 3.05) is 13.1 Å². The standard InChI is InChI=1S/C9H17NO2/c1-9(11)4-2-3-8(9)12-7-5-10-6-7/h7-8,10-11H,2-6H2,1H3. The van der Waals surface area contributed by atoms with Gasteiger partial charge in [-0.1, -0.05) is 0 Å². The lowest BCUT2D eigenvalue weighted by Crippen LogP contribution is -2.52. The zero-order valence-corrected chi connectivity index (χ0v) is 7.55. The van der Waals surface area contributed by atoms with Gasteiger partial charge in [-0.2, -0.15) is 0 Å². The van der Waals surface area contributed by atoms with Gasteiger partial charge in [0.1, 0.15) is 0 Å². The molecule has 2 unspecified atom stereocenters. The highest BCUT2D eigenvalue weighted by molar-refractivity contribution is 4.91. The minimum absolute atomic E-state index is 0.0737. The molecule has 12 heavy (non-hydrogen) atoms. The van der Waals surface area contributed by atoms with Crippen LogP contribution in [-0.2, 0) is 4.74 Å². The van der Waals surface area contributed by atoms with Crippen molar-refractivity contribution in [3.05, 3.63) is 0 Å². The van der Waals surface area contributed by atoms with E-state index in [1.165, 1.54) is 0 Å². The van der Waals surface area contributed by atoms with Crippen LogP contribution in [0.5, 0.6) is 0 Å². The Bertz CT molecular complexity index is 166. The summed E-state index contributed by atoms with van der Waals surface area (Å²) in [6.07, 6.45) is 3.42. The Morgan fingerprint density at radius 3 is 2.67 bits per heavy atom. The predicted molar refractivity (Wildman–Crippen MR) is 46.0 cm³/mol. The summed E-state index contributed by atoms with van der Waals surface area (Å²) in [5, 5.41) is 13.0. The summed E-state index contributed by atoms with van der Waals surface area (Å²) in [4.78, 5) is 0. The van der Waals surface area contributed by atoms with Gasteiger partial charge in [-0.05, 0) is 26.2 Å². The number of nitrogens with one attached hydrogen (secondary N) is 1. The van der Waals surface area contributed by atoms with E-state index in [1.807, 2.05) is 6.92 Å². The molecule has 0 aromatic heterocycles. The van der Waals surface area contributed by atoms with Crippen molar-refractivity contribution in [3.8, 4) is 0 Å².